The zero-order valence-corrected chi connectivity index (χ0v) is 9.63. The van der Waals surface area contributed by atoms with Gasteiger partial charge in [0, 0.05) is 26.2 Å². The van der Waals surface area contributed by atoms with Crippen molar-refractivity contribution < 1.29 is 9.53 Å². The van der Waals surface area contributed by atoms with Gasteiger partial charge in [0.05, 0.1) is 13.0 Å². The number of nitrogens with zero attached hydrogens (tertiary/aromatic N) is 1. The van der Waals surface area contributed by atoms with Crippen LogP contribution in [0.2, 0.25) is 0 Å². The number of ether oxygens (including phenoxy) is 1. The second-order valence-corrected chi connectivity index (χ2v) is 3.85. The van der Waals surface area contributed by atoms with Crippen molar-refractivity contribution in [2.75, 3.05) is 39.4 Å². The van der Waals surface area contributed by atoms with Gasteiger partial charge < -0.3 is 15.0 Å². The highest BCUT2D eigenvalue weighted by atomic mass is 16.5. The highest BCUT2D eigenvalue weighted by molar-refractivity contribution is 5.76. The molecule has 4 nitrogen and oxygen atoms in total. The SMILES string of the molecule is CCCOCCC(=O)N1CCCNCC1. The molecule has 1 amide bonds. The van der Waals surface area contributed by atoms with Gasteiger partial charge in [-0.2, -0.15) is 0 Å². The minimum absolute atomic E-state index is 0.231. The van der Waals surface area contributed by atoms with Gasteiger partial charge in [0.25, 0.3) is 0 Å². The standard InChI is InChI=1S/C11H22N2O2/c1-2-9-15-10-4-11(14)13-7-3-5-12-6-8-13/h12H,2-10H2,1H3. The topological polar surface area (TPSA) is 41.6 Å². The molecule has 0 radical (unpaired) electrons. The molecule has 88 valence electrons. The van der Waals surface area contributed by atoms with E-state index in [1.165, 1.54) is 0 Å². The van der Waals surface area contributed by atoms with E-state index in [1.54, 1.807) is 0 Å². The van der Waals surface area contributed by atoms with Crippen LogP contribution in [0.25, 0.3) is 0 Å². The molecule has 0 spiro atoms. The zero-order chi connectivity index (χ0) is 10.9. The van der Waals surface area contributed by atoms with Gasteiger partial charge in [0.1, 0.15) is 0 Å². The Labute approximate surface area is 92.0 Å². The largest absolute Gasteiger partial charge is 0.381 e. The molecule has 0 bridgehead atoms. The van der Waals surface area contributed by atoms with E-state index >= 15 is 0 Å². The maximum absolute atomic E-state index is 11.7. The summed E-state index contributed by atoms with van der Waals surface area (Å²) in [6.07, 6.45) is 2.60. The predicted octanol–water partition coefficient (Wildman–Crippen LogP) is 0.625. The molecule has 0 aromatic carbocycles. The van der Waals surface area contributed by atoms with Gasteiger partial charge in [-0.1, -0.05) is 6.92 Å². The molecule has 15 heavy (non-hydrogen) atoms. The molecule has 1 fully saturated rings. The lowest BCUT2D eigenvalue weighted by Gasteiger charge is -2.19. The number of amides is 1. The molecule has 1 aliphatic rings. The summed E-state index contributed by atoms with van der Waals surface area (Å²) in [4.78, 5) is 13.7. The second kappa shape index (κ2) is 7.65. The van der Waals surface area contributed by atoms with Crippen LogP contribution in [0.5, 0.6) is 0 Å². The summed E-state index contributed by atoms with van der Waals surface area (Å²) in [7, 11) is 0. The van der Waals surface area contributed by atoms with Crippen LogP contribution in [-0.4, -0.2) is 50.2 Å². The van der Waals surface area contributed by atoms with Crippen molar-refractivity contribution >= 4 is 5.91 Å². The fraction of sp³-hybridized carbons (Fsp3) is 0.909. The van der Waals surface area contributed by atoms with Crippen molar-refractivity contribution in [2.24, 2.45) is 0 Å². The van der Waals surface area contributed by atoms with Crippen molar-refractivity contribution in [2.45, 2.75) is 26.2 Å². The van der Waals surface area contributed by atoms with Crippen molar-refractivity contribution in [1.82, 2.24) is 10.2 Å². The van der Waals surface area contributed by atoms with Crippen LogP contribution in [-0.2, 0) is 9.53 Å². The molecule has 0 aliphatic carbocycles. The first-order chi connectivity index (χ1) is 7.34. The number of carbonyl (C=O) groups is 1. The fourth-order valence-electron chi connectivity index (χ4n) is 1.66. The monoisotopic (exact) mass is 214 g/mol. The molecule has 4 heteroatoms. The second-order valence-electron chi connectivity index (χ2n) is 3.85. The number of carbonyl (C=O) groups excluding carboxylic acids is 1. The Bertz CT molecular complexity index is 177. The summed E-state index contributed by atoms with van der Waals surface area (Å²) in [5.74, 6) is 0.231. The highest BCUT2D eigenvalue weighted by Crippen LogP contribution is 1.99. The van der Waals surface area contributed by atoms with Crippen LogP contribution >= 0.6 is 0 Å². The molecule has 0 aromatic heterocycles. The lowest BCUT2D eigenvalue weighted by atomic mass is 10.3. The Morgan fingerprint density at radius 2 is 2.20 bits per heavy atom. The number of rotatable bonds is 5. The maximum Gasteiger partial charge on any atom is 0.224 e. The van der Waals surface area contributed by atoms with Crippen molar-refractivity contribution in [3.8, 4) is 0 Å². The third-order valence-corrected chi connectivity index (χ3v) is 2.50. The normalized spacial score (nSPS) is 17.5. The van der Waals surface area contributed by atoms with Crippen LogP contribution in [0.1, 0.15) is 26.2 Å². The zero-order valence-electron chi connectivity index (χ0n) is 9.63. The van der Waals surface area contributed by atoms with E-state index < -0.39 is 0 Å². The Hall–Kier alpha value is -0.610. The Morgan fingerprint density at radius 3 is 3.00 bits per heavy atom. The van der Waals surface area contributed by atoms with E-state index in [0.29, 0.717) is 13.0 Å². The van der Waals surface area contributed by atoms with E-state index in [1.807, 2.05) is 4.90 Å². The summed E-state index contributed by atoms with van der Waals surface area (Å²) in [6, 6.07) is 0. The van der Waals surface area contributed by atoms with E-state index in [2.05, 4.69) is 12.2 Å². The summed E-state index contributed by atoms with van der Waals surface area (Å²) in [6.45, 7) is 7.07. The molecule has 1 rings (SSSR count). The highest BCUT2D eigenvalue weighted by Gasteiger charge is 2.14. The van der Waals surface area contributed by atoms with Crippen LogP contribution in [0.3, 0.4) is 0 Å². The molecule has 1 N–H and O–H groups in total. The third kappa shape index (κ3) is 5.14. The van der Waals surface area contributed by atoms with Gasteiger partial charge in [-0.15, -0.1) is 0 Å². The average molecular weight is 214 g/mol. The fourth-order valence-corrected chi connectivity index (χ4v) is 1.66. The summed E-state index contributed by atoms with van der Waals surface area (Å²) >= 11 is 0. The molecule has 0 atom stereocenters. The average Bonchev–Trinajstić information content (AvgIpc) is 2.52. The molecular weight excluding hydrogens is 192 g/mol. The minimum Gasteiger partial charge on any atom is -0.381 e. The van der Waals surface area contributed by atoms with Crippen LogP contribution in [0.4, 0.5) is 0 Å². The first-order valence-electron chi connectivity index (χ1n) is 5.91. The molecule has 0 saturated carbocycles. The van der Waals surface area contributed by atoms with Crippen molar-refractivity contribution in [1.29, 1.82) is 0 Å². The predicted molar refractivity (Wildman–Crippen MR) is 59.8 cm³/mol. The molecule has 0 unspecified atom stereocenters. The van der Waals surface area contributed by atoms with Gasteiger partial charge in [-0.3, -0.25) is 4.79 Å². The first kappa shape index (κ1) is 12.5. The molecule has 0 aromatic rings. The summed E-state index contributed by atoms with van der Waals surface area (Å²) in [5, 5.41) is 3.28. The minimum atomic E-state index is 0.231. The lowest BCUT2D eigenvalue weighted by molar-refractivity contribution is -0.132. The van der Waals surface area contributed by atoms with Gasteiger partial charge in [-0.05, 0) is 19.4 Å². The van der Waals surface area contributed by atoms with Crippen LogP contribution in [0, 0.1) is 0 Å². The molecule has 1 aliphatic heterocycles. The molecule has 1 saturated heterocycles. The van der Waals surface area contributed by atoms with Gasteiger partial charge in [0.2, 0.25) is 5.91 Å². The first-order valence-corrected chi connectivity index (χ1v) is 5.91. The van der Waals surface area contributed by atoms with Crippen molar-refractivity contribution in [3.63, 3.8) is 0 Å². The van der Waals surface area contributed by atoms with E-state index in [0.717, 1.165) is 45.6 Å². The van der Waals surface area contributed by atoms with E-state index in [9.17, 15) is 4.79 Å². The van der Waals surface area contributed by atoms with E-state index in [-0.39, 0.29) is 5.91 Å². The van der Waals surface area contributed by atoms with Gasteiger partial charge >= 0.3 is 0 Å². The molecule has 1 heterocycles. The summed E-state index contributed by atoms with van der Waals surface area (Å²) in [5.41, 5.74) is 0. The Balaban J connectivity index is 2.14. The van der Waals surface area contributed by atoms with Crippen LogP contribution in [0.15, 0.2) is 0 Å². The number of nitrogens with one attached hydrogen (secondary N) is 1. The summed E-state index contributed by atoms with van der Waals surface area (Å²) < 4.78 is 5.31. The smallest absolute Gasteiger partial charge is 0.224 e. The molecular formula is C11H22N2O2. The van der Waals surface area contributed by atoms with Crippen LogP contribution < -0.4 is 5.32 Å². The maximum atomic E-state index is 11.7. The number of hydrogen-bond donors (Lipinski definition) is 1. The Morgan fingerprint density at radius 1 is 1.33 bits per heavy atom. The Kier molecular flexibility index (Phi) is 6.36. The number of hydrogen-bond acceptors (Lipinski definition) is 3. The quantitative estimate of drug-likeness (QED) is 0.682. The van der Waals surface area contributed by atoms with Crippen molar-refractivity contribution in [3.05, 3.63) is 0 Å². The lowest BCUT2D eigenvalue weighted by Crippen LogP contribution is -2.34. The van der Waals surface area contributed by atoms with Gasteiger partial charge in [-0.25, -0.2) is 0 Å². The van der Waals surface area contributed by atoms with E-state index in [4.69, 9.17) is 4.74 Å². The third-order valence-electron chi connectivity index (χ3n) is 2.50. The van der Waals surface area contributed by atoms with Gasteiger partial charge in [0.15, 0.2) is 0 Å².